The molecule has 0 fully saturated rings. The quantitative estimate of drug-likeness (QED) is 0.593. The Morgan fingerprint density at radius 3 is 2.46 bits per heavy atom. The van der Waals surface area contributed by atoms with Gasteiger partial charge in [-0.05, 0) is 36.6 Å². The minimum atomic E-state index is -0.114. The lowest BCUT2D eigenvalue weighted by Crippen LogP contribution is -2.05. The molecule has 0 aliphatic heterocycles. The van der Waals surface area contributed by atoms with Gasteiger partial charge in [0.25, 0.3) is 0 Å². The Bertz CT molecular complexity index is 1070. The first-order valence-electron chi connectivity index (χ1n) is 7.79. The average molecular weight is 316 g/mol. The fourth-order valence-electron chi connectivity index (χ4n) is 3.17. The summed E-state index contributed by atoms with van der Waals surface area (Å²) in [4.78, 5) is 15.1. The lowest BCUT2D eigenvalue weighted by atomic mass is 9.97. The maximum Gasteiger partial charge on any atom is 0.249 e. The summed E-state index contributed by atoms with van der Waals surface area (Å²) in [6.45, 7) is 3.81. The molecule has 1 N–H and O–H groups in total. The maximum atomic E-state index is 12.1. The summed E-state index contributed by atoms with van der Waals surface area (Å²) in [5, 5.41) is 5.02. The summed E-state index contributed by atoms with van der Waals surface area (Å²) in [6.07, 6.45) is 0. The number of rotatable bonds is 2. The molecule has 0 unspecified atom stereocenters. The molecule has 4 rings (SSSR count). The van der Waals surface area contributed by atoms with Crippen molar-refractivity contribution in [3.63, 3.8) is 0 Å². The van der Waals surface area contributed by atoms with Crippen molar-refractivity contribution in [1.82, 2.24) is 10.1 Å². The second-order valence-corrected chi connectivity index (χ2v) is 5.87. The van der Waals surface area contributed by atoms with Crippen LogP contribution in [0.1, 0.15) is 11.5 Å². The fourth-order valence-corrected chi connectivity index (χ4v) is 3.17. The van der Waals surface area contributed by atoms with E-state index in [1.54, 1.807) is 6.07 Å². The number of aromatic nitrogens is 2. The Labute approximate surface area is 138 Å². The molecule has 0 atom stereocenters. The first kappa shape index (κ1) is 14.5. The molecule has 0 aliphatic carbocycles. The topological polar surface area (TPSA) is 58.9 Å². The van der Waals surface area contributed by atoms with E-state index in [9.17, 15) is 4.79 Å². The normalized spacial score (nSPS) is 11.1. The van der Waals surface area contributed by atoms with E-state index in [0.29, 0.717) is 0 Å². The molecule has 0 amide bonds. The lowest BCUT2D eigenvalue weighted by Gasteiger charge is -2.08. The Morgan fingerprint density at radius 2 is 1.75 bits per heavy atom. The van der Waals surface area contributed by atoms with Gasteiger partial charge in [0.15, 0.2) is 0 Å². The smallest absolute Gasteiger partial charge is 0.249 e. The zero-order chi connectivity index (χ0) is 16.7. The first-order valence-corrected chi connectivity index (χ1v) is 7.79. The van der Waals surface area contributed by atoms with E-state index in [0.717, 1.165) is 44.6 Å². The van der Waals surface area contributed by atoms with E-state index in [1.807, 2.05) is 62.4 Å². The highest BCUT2D eigenvalue weighted by Gasteiger charge is 2.13. The van der Waals surface area contributed by atoms with E-state index in [1.165, 1.54) is 0 Å². The summed E-state index contributed by atoms with van der Waals surface area (Å²) in [5.74, 6) is 0.772. The van der Waals surface area contributed by atoms with Crippen molar-refractivity contribution in [1.29, 1.82) is 0 Å². The van der Waals surface area contributed by atoms with E-state index in [-0.39, 0.29) is 5.56 Å². The van der Waals surface area contributed by atoms with E-state index in [4.69, 9.17) is 4.52 Å². The molecular formula is C20H16N2O2. The molecular weight excluding hydrogens is 300 g/mol. The van der Waals surface area contributed by atoms with Gasteiger partial charge in [0.2, 0.25) is 5.56 Å². The van der Waals surface area contributed by atoms with Gasteiger partial charge >= 0.3 is 0 Å². The Morgan fingerprint density at radius 1 is 0.958 bits per heavy atom. The molecule has 0 aliphatic rings. The standard InChI is InChI=1S/C20H16N2O2/c1-12-20(13(2)24-22-12)15-8-9-16-17(14-6-4-3-5-7-14)11-19(23)21-18(16)10-15/h3-11H,1-2H3,(H,21,23). The van der Waals surface area contributed by atoms with Gasteiger partial charge in [-0.2, -0.15) is 0 Å². The third-order valence-corrected chi connectivity index (χ3v) is 4.25. The third kappa shape index (κ3) is 2.33. The number of hydrogen-bond donors (Lipinski definition) is 1. The van der Waals surface area contributed by atoms with Crippen LogP contribution in [0, 0.1) is 13.8 Å². The number of aryl methyl sites for hydroxylation is 2. The monoisotopic (exact) mass is 316 g/mol. The molecule has 2 aromatic carbocycles. The Kier molecular flexibility index (Phi) is 3.31. The number of aromatic amines is 1. The predicted octanol–water partition coefficient (Wildman–Crippen LogP) is 4.47. The zero-order valence-corrected chi connectivity index (χ0v) is 13.5. The van der Waals surface area contributed by atoms with Crippen molar-refractivity contribution >= 4 is 10.9 Å². The summed E-state index contributed by atoms with van der Waals surface area (Å²) in [5.41, 5.74) is 5.45. The molecule has 0 radical (unpaired) electrons. The number of nitrogens with one attached hydrogen (secondary N) is 1. The van der Waals surface area contributed by atoms with Gasteiger partial charge in [0.05, 0.1) is 5.69 Å². The van der Waals surface area contributed by atoms with E-state index in [2.05, 4.69) is 10.1 Å². The molecule has 118 valence electrons. The fraction of sp³-hybridized carbons (Fsp3) is 0.100. The van der Waals surface area contributed by atoms with Crippen molar-refractivity contribution in [3.8, 4) is 22.3 Å². The van der Waals surface area contributed by atoms with E-state index >= 15 is 0 Å². The van der Waals surface area contributed by atoms with Crippen molar-refractivity contribution in [2.45, 2.75) is 13.8 Å². The minimum absolute atomic E-state index is 0.114. The van der Waals surface area contributed by atoms with Crippen molar-refractivity contribution in [2.75, 3.05) is 0 Å². The van der Waals surface area contributed by atoms with Gasteiger partial charge < -0.3 is 9.51 Å². The maximum absolute atomic E-state index is 12.1. The number of benzene rings is 2. The SMILES string of the molecule is Cc1noc(C)c1-c1ccc2c(-c3ccccc3)cc(=O)[nH]c2c1. The number of hydrogen-bond acceptors (Lipinski definition) is 3. The number of pyridine rings is 1. The molecule has 0 spiro atoms. The van der Waals surface area contributed by atoms with Crippen LogP contribution in [-0.2, 0) is 0 Å². The van der Waals surface area contributed by atoms with Gasteiger partial charge in [-0.25, -0.2) is 0 Å². The van der Waals surface area contributed by atoms with Crippen molar-refractivity contribution < 1.29 is 4.52 Å². The molecule has 0 saturated heterocycles. The van der Waals surface area contributed by atoms with Crippen LogP contribution in [0.3, 0.4) is 0 Å². The van der Waals surface area contributed by atoms with Crippen LogP contribution in [0.2, 0.25) is 0 Å². The minimum Gasteiger partial charge on any atom is -0.361 e. The van der Waals surface area contributed by atoms with Crippen molar-refractivity contribution in [2.24, 2.45) is 0 Å². The molecule has 24 heavy (non-hydrogen) atoms. The van der Waals surface area contributed by atoms with Crippen LogP contribution in [0.25, 0.3) is 33.2 Å². The first-order chi connectivity index (χ1) is 11.6. The lowest BCUT2D eigenvalue weighted by molar-refractivity contribution is 0.393. The number of fused-ring (bicyclic) bond motifs is 1. The van der Waals surface area contributed by atoms with Crippen LogP contribution < -0.4 is 5.56 Å². The number of H-pyrrole nitrogens is 1. The molecule has 4 heteroatoms. The van der Waals surface area contributed by atoms with Crippen LogP contribution in [-0.4, -0.2) is 10.1 Å². The molecule has 4 nitrogen and oxygen atoms in total. The molecule has 0 saturated carbocycles. The summed E-state index contributed by atoms with van der Waals surface area (Å²) >= 11 is 0. The van der Waals surface area contributed by atoms with Gasteiger partial charge in [0, 0.05) is 22.5 Å². The van der Waals surface area contributed by atoms with Gasteiger partial charge in [-0.3, -0.25) is 4.79 Å². The largest absolute Gasteiger partial charge is 0.361 e. The molecule has 0 bridgehead atoms. The molecule has 4 aromatic rings. The van der Waals surface area contributed by atoms with Crippen LogP contribution in [0.5, 0.6) is 0 Å². The Balaban J connectivity index is 1.98. The van der Waals surface area contributed by atoms with Crippen LogP contribution in [0.15, 0.2) is 63.9 Å². The highest BCUT2D eigenvalue weighted by Crippen LogP contribution is 2.32. The van der Waals surface area contributed by atoms with Gasteiger partial charge in [0.1, 0.15) is 5.76 Å². The average Bonchev–Trinajstić information content (AvgIpc) is 2.93. The summed E-state index contributed by atoms with van der Waals surface area (Å²) < 4.78 is 5.26. The zero-order valence-electron chi connectivity index (χ0n) is 13.5. The highest BCUT2D eigenvalue weighted by molar-refractivity contribution is 5.96. The van der Waals surface area contributed by atoms with Gasteiger partial charge in [-0.15, -0.1) is 0 Å². The highest BCUT2D eigenvalue weighted by atomic mass is 16.5. The molecule has 2 heterocycles. The van der Waals surface area contributed by atoms with Gasteiger partial charge in [-0.1, -0.05) is 47.6 Å². The summed E-state index contributed by atoms with van der Waals surface area (Å²) in [6, 6.07) is 17.6. The predicted molar refractivity (Wildman–Crippen MR) is 95.0 cm³/mol. The third-order valence-electron chi connectivity index (χ3n) is 4.25. The van der Waals surface area contributed by atoms with Crippen molar-refractivity contribution in [3.05, 3.63) is 76.4 Å². The van der Waals surface area contributed by atoms with Crippen LogP contribution >= 0.6 is 0 Å². The Hall–Kier alpha value is -3.14. The number of nitrogens with zero attached hydrogens (tertiary/aromatic N) is 1. The second-order valence-electron chi connectivity index (χ2n) is 5.87. The second kappa shape index (κ2) is 5.49. The summed E-state index contributed by atoms with van der Waals surface area (Å²) in [7, 11) is 0. The van der Waals surface area contributed by atoms with E-state index < -0.39 is 0 Å². The molecule has 2 aromatic heterocycles. The van der Waals surface area contributed by atoms with Crippen LogP contribution in [0.4, 0.5) is 0 Å².